The molecule has 1 aromatic carbocycles. The van der Waals surface area contributed by atoms with Crippen LogP contribution < -0.4 is 10.6 Å². The summed E-state index contributed by atoms with van der Waals surface area (Å²) in [7, 11) is 0. The number of benzene rings is 1. The average molecular weight is 354 g/mol. The fourth-order valence-corrected chi connectivity index (χ4v) is 3.67. The molecule has 0 unspecified atom stereocenters. The van der Waals surface area contributed by atoms with Gasteiger partial charge in [-0.25, -0.2) is 0 Å². The smallest absolute Gasteiger partial charge is 0.173 e. The van der Waals surface area contributed by atoms with Crippen LogP contribution in [0.2, 0.25) is 0 Å². The van der Waals surface area contributed by atoms with Crippen LogP contribution in [0.5, 0.6) is 0 Å². The number of nitrogens with two attached hydrogens (primary N) is 1. The third kappa shape index (κ3) is 3.70. The molecule has 1 aliphatic carbocycles. The van der Waals surface area contributed by atoms with Crippen molar-refractivity contribution in [1.82, 2.24) is 0 Å². The highest BCUT2D eigenvalue weighted by Crippen LogP contribution is 2.34. The van der Waals surface area contributed by atoms with E-state index in [1.54, 1.807) is 0 Å². The van der Waals surface area contributed by atoms with Gasteiger partial charge < -0.3 is 15.8 Å². The molecule has 0 aliphatic heterocycles. The van der Waals surface area contributed by atoms with Crippen LogP contribution in [0.4, 0.5) is 5.69 Å². The van der Waals surface area contributed by atoms with Crippen LogP contribution in [0, 0.1) is 5.92 Å². The first-order chi connectivity index (χ1) is 10.0. The fraction of sp³-hybridized carbons (Fsp3) is 0.562. The maximum atomic E-state index is 9.09. The van der Waals surface area contributed by atoms with Crippen LogP contribution in [-0.4, -0.2) is 23.6 Å². The molecule has 5 heteroatoms. The molecule has 0 spiro atoms. The summed E-state index contributed by atoms with van der Waals surface area (Å²) >= 11 is 3.53. The Balaban J connectivity index is 2.46. The molecule has 0 saturated heterocycles. The van der Waals surface area contributed by atoms with E-state index in [-0.39, 0.29) is 5.84 Å². The minimum Gasteiger partial charge on any atom is -0.409 e. The van der Waals surface area contributed by atoms with E-state index in [0.29, 0.717) is 12.0 Å². The molecule has 0 amide bonds. The molecule has 0 radical (unpaired) electrons. The highest BCUT2D eigenvalue weighted by molar-refractivity contribution is 9.10. The second-order valence-electron chi connectivity index (χ2n) is 6.10. The SMILES string of the molecule is CC(C)CN(c1cccc(Br)c1/C(N)=N/O)C1CCCC1. The van der Waals surface area contributed by atoms with Gasteiger partial charge in [-0.3, -0.25) is 0 Å². The van der Waals surface area contributed by atoms with E-state index in [4.69, 9.17) is 10.9 Å². The Labute approximate surface area is 135 Å². The van der Waals surface area contributed by atoms with Crippen LogP contribution in [-0.2, 0) is 0 Å². The van der Waals surface area contributed by atoms with E-state index >= 15 is 0 Å². The van der Waals surface area contributed by atoms with Crippen molar-refractivity contribution in [2.24, 2.45) is 16.8 Å². The van der Waals surface area contributed by atoms with Crippen LogP contribution in [0.25, 0.3) is 0 Å². The lowest BCUT2D eigenvalue weighted by Crippen LogP contribution is -2.38. The van der Waals surface area contributed by atoms with Gasteiger partial charge in [0.2, 0.25) is 0 Å². The second-order valence-corrected chi connectivity index (χ2v) is 6.96. The zero-order chi connectivity index (χ0) is 15.4. The number of halogens is 1. The molecular weight excluding hydrogens is 330 g/mol. The van der Waals surface area contributed by atoms with Gasteiger partial charge >= 0.3 is 0 Å². The van der Waals surface area contributed by atoms with Gasteiger partial charge in [0.1, 0.15) is 0 Å². The van der Waals surface area contributed by atoms with Crippen molar-refractivity contribution in [2.75, 3.05) is 11.4 Å². The average Bonchev–Trinajstić information content (AvgIpc) is 2.97. The molecule has 1 fully saturated rings. The van der Waals surface area contributed by atoms with E-state index < -0.39 is 0 Å². The van der Waals surface area contributed by atoms with Crippen molar-refractivity contribution in [1.29, 1.82) is 0 Å². The number of nitrogens with zero attached hydrogens (tertiary/aromatic N) is 2. The van der Waals surface area contributed by atoms with E-state index in [0.717, 1.165) is 22.3 Å². The van der Waals surface area contributed by atoms with Gasteiger partial charge in [0.25, 0.3) is 0 Å². The molecule has 0 atom stereocenters. The van der Waals surface area contributed by atoms with Crippen molar-refractivity contribution in [2.45, 2.75) is 45.6 Å². The first-order valence-corrected chi connectivity index (χ1v) is 8.37. The highest BCUT2D eigenvalue weighted by atomic mass is 79.9. The van der Waals surface area contributed by atoms with Gasteiger partial charge in [-0.1, -0.05) is 37.9 Å². The first kappa shape index (κ1) is 16.1. The van der Waals surface area contributed by atoms with Gasteiger partial charge in [0.05, 0.1) is 5.56 Å². The summed E-state index contributed by atoms with van der Waals surface area (Å²) < 4.78 is 0.863. The minimum absolute atomic E-state index is 0.157. The standard InChI is InChI=1S/C16H24BrN3O/c1-11(2)10-20(12-6-3-4-7-12)14-9-5-8-13(17)15(14)16(18)19-21/h5,8-9,11-12,21H,3-4,6-7,10H2,1-2H3,(H2,18,19). The van der Waals surface area contributed by atoms with Crippen molar-refractivity contribution in [3.63, 3.8) is 0 Å². The number of hydrogen-bond acceptors (Lipinski definition) is 3. The molecule has 1 aliphatic rings. The normalized spacial score (nSPS) is 16.7. The Bertz CT molecular complexity index is 510. The van der Waals surface area contributed by atoms with E-state index in [1.165, 1.54) is 25.7 Å². The second kappa shape index (κ2) is 7.16. The number of anilines is 1. The van der Waals surface area contributed by atoms with Crippen LogP contribution in [0.1, 0.15) is 45.1 Å². The van der Waals surface area contributed by atoms with Crippen molar-refractivity contribution >= 4 is 27.5 Å². The number of oxime groups is 1. The lowest BCUT2D eigenvalue weighted by atomic mass is 10.1. The van der Waals surface area contributed by atoms with Crippen LogP contribution in [0.15, 0.2) is 27.8 Å². The zero-order valence-electron chi connectivity index (χ0n) is 12.7. The summed E-state index contributed by atoms with van der Waals surface area (Å²) in [4.78, 5) is 2.44. The van der Waals surface area contributed by atoms with E-state index in [1.807, 2.05) is 12.1 Å². The van der Waals surface area contributed by atoms with Crippen LogP contribution in [0.3, 0.4) is 0 Å². The molecule has 0 heterocycles. The summed E-state index contributed by atoms with van der Waals surface area (Å²) in [6, 6.07) is 6.56. The highest BCUT2D eigenvalue weighted by Gasteiger charge is 2.26. The monoisotopic (exact) mass is 353 g/mol. The van der Waals surface area contributed by atoms with E-state index in [9.17, 15) is 0 Å². The molecule has 3 N–H and O–H groups in total. The van der Waals surface area contributed by atoms with Crippen LogP contribution >= 0.6 is 15.9 Å². The molecule has 21 heavy (non-hydrogen) atoms. The molecular formula is C16H24BrN3O. The van der Waals surface area contributed by atoms with Crippen molar-refractivity contribution < 1.29 is 5.21 Å². The zero-order valence-corrected chi connectivity index (χ0v) is 14.3. The largest absolute Gasteiger partial charge is 0.409 e. The lowest BCUT2D eigenvalue weighted by molar-refractivity contribution is 0.318. The van der Waals surface area contributed by atoms with Gasteiger partial charge in [0.15, 0.2) is 5.84 Å². The summed E-state index contributed by atoms with van der Waals surface area (Å²) in [5, 5.41) is 12.3. The van der Waals surface area contributed by atoms with Gasteiger partial charge in [0, 0.05) is 22.7 Å². The molecule has 116 valence electrons. The van der Waals surface area contributed by atoms with E-state index in [2.05, 4.69) is 45.9 Å². The Hall–Kier alpha value is -1.23. The molecule has 1 aromatic rings. The lowest BCUT2D eigenvalue weighted by Gasteiger charge is -2.34. The Morgan fingerprint density at radius 1 is 1.43 bits per heavy atom. The number of hydrogen-bond donors (Lipinski definition) is 2. The van der Waals surface area contributed by atoms with Gasteiger partial charge in [-0.05, 0) is 46.8 Å². The minimum atomic E-state index is 0.157. The Morgan fingerprint density at radius 2 is 2.10 bits per heavy atom. The summed E-state index contributed by atoms with van der Waals surface area (Å²) in [6.45, 7) is 5.43. The summed E-state index contributed by atoms with van der Waals surface area (Å²) in [6.07, 6.45) is 5.00. The van der Waals surface area contributed by atoms with Gasteiger partial charge in [-0.2, -0.15) is 0 Å². The molecule has 1 saturated carbocycles. The number of amidine groups is 1. The van der Waals surface area contributed by atoms with Crippen molar-refractivity contribution in [3.05, 3.63) is 28.2 Å². The molecule has 2 rings (SSSR count). The third-order valence-electron chi connectivity index (χ3n) is 3.99. The quantitative estimate of drug-likeness (QED) is 0.364. The molecule has 4 nitrogen and oxygen atoms in total. The topological polar surface area (TPSA) is 61.8 Å². The Morgan fingerprint density at radius 3 is 2.67 bits per heavy atom. The molecule has 0 bridgehead atoms. The third-order valence-corrected chi connectivity index (χ3v) is 4.65. The summed E-state index contributed by atoms with van der Waals surface area (Å²) in [5.41, 5.74) is 7.75. The predicted octanol–water partition coefficient (Wildman–Crippen LogP) is 3.95. The maximum absolute atomic E-state index is 9.09. The Kier molecular flexibility index (Phi) is 5.51. The number of rotatable bonds is 5. The molecule has 0 aromatic heterocycles. The van der Waals surface area contributed by atoms with Crippen molar-refractivity contribution in [3.8, 4) is 0 Å². The fourth-order valence-electron chi connectivity index (χ4n) is 3.11. The first-order valence-electron chi connectivity index (χ1n) is 7.57. The van der Waals surface area contributed by atoms with Gasteiger partial charge in [-0.15, -0.1) is 0 Å². The summed E-state index contributed by atoms with van der Waals surface area (Å²) in [5.74, 6) is 0.717. The maximum Gasteiger partial charge on any atom is 0.173 e. The predicted molar refractivity (Wildman–Crippen MR) is 91.1 cm³/mol.